The molecule has 1 atom stereocenters. The molecule has 108 valence electrons. The zero-order valence-corrected chi connectivity index (χ0v) is 11.4. The summed E-state index contributed by atoms with van der Waals surface area (Å²) in [6.45, 7) is 0. The third-order valence-electron chi connectivity index (χ3n) is 3.00. The van der Waals surface area contributed by atoms with Crippen molar-refractivity contribution in [2.45, 2.75) is 12.2 Å². The van der Waals surface area contributed by atoms with Crippen molar-refractivity contribution in [2.24, 2.45) is 0 Å². The van der Waals surface area contributed by atoms with E-state index in [0.29, 0.717) is 5.39 Å². The summed E-state index contributed by atoms with van der Waals surface area (Å²) in [4.78, 5) is 7.63. The molecule has 0 saturated heterocycles. The van der Waals surface area contributed by atoms with E-state index in [4.69, 9.17) is 0 Å². The molecule has 0 saturated carbocycles. The highest BCUT2D eigenvalue weighted by molar-refractivity contribution is 7.17. The third-order valence-corrected chi connectivity index (χ3v) is 3.99. The van der Waals surface area contributed by atoms with E-state index in [9.17, 15) is 13.2 Å². The molecule has 0 aliphatic heterocycles. The monoisotopic (exact) mass is 309 g/mol. The van der Waals surface area contributed by atoms with Crippen LogP contribution in [0.2, 0.25) is 0 Å². The number of fused-ring (bicyclic) bond motifs is 1. The lowest BCUT2D eigenvalue weighted by molar-refractivity contribution is -0.143. The SMILES string of the molecule is FC(F)(F)C(Nc1cnccn1)c1csc2ccccc12. The van der Waals surface area contributed by atoms with Crippen LogP contribution in [0.1, 0.15) is 11.6 Å². The van der Waals surface area contributed by atoms with E-state index < -0.39 is 12.2 Å². The van der Waals surface area contributed by atoms with Gasteiger partial charge in [0.15, 0.2) is 6.04 Å². The van der Waals surface area contributed by atoms with Gasteiger partial charge >= 0.3 is 6.18 Å². The molecular formula is C14H10F3N3S. The zero-order valence-electron chi connectivity index (χ0n) is 10.6. The van der Waals surface area contributed by atoms with Crippen molar-refractivity contribution in [2.75, 3.05) is 5.32 Å². The van der Waals surface area contributed by atoms with E-state index in [-0.39, 0.29) is 11.4 Å². The number of hydrogen-bond donors (Lipinski definition) is 1. The number of alkyl halides is 3. The van der Waals surface area contributed by atoms with Crippen LogP contribution >= 0.6 is 11.3 Å². The first kappa shape index (κ1) is 13.8. The van der Waals surface area contributed by atoms with Crippen molar-refractivity contribution in [1.82, 2.24) is 9.97 Å². The molecule has 1 unspecified atom stereocenters. The number of nitrogens with one attached hydrogen (secondary N) is 1. The zero-order chi connectivity index (χ0) is 14.9. The van der Waals surface area contributed by atoms with E-state index >= 15 is 0 Å². The number of hydrogen-bond acceptors (Lipinski definition) is 4. The van der Waals surface area contributed by atoms with Crippen LogP contribution < -0.4 is 5.32 Å². The average molecular weight is 309 g/mol. The molecule has 3 aromatic rings. The molecule has 0 spiro atoms. The Balaban J connectivity index is 2.04. The number of thiophene rings is 1. The molecule has 7 heteroatoms. The van der Waals surface area contributed by atoms with Crippen LogP contribution in [0, 0.1) is 0 Å². The van der Waals surface area contributed by atoms with Gasteiger partial charge in [0, 0.05) is 22.7 Å². The summed E-state index contributed by atoms with van der Waals surface area (Å²) in [5.74, 6) is 0.0927. The predicted molar refractivity (Wildman–Crippen MR) is 76.3 cm³/mol. The maximum atomic E-state index is 13.4. The second kappa shape index (κ2) is 5.33. The summed E-state index contributed by atoms with van der Waals surface area (Å²) in [6.07, 6.45) is -0.399. The number of rotatable bonds is 3. The van der Waals surface area contributed by atoms with Gasteiger partial charge in [-0.1, -0.05) is 18.2 Å². The van der Waals surface area contributed by atoms with E-state index in [2.05, 4.69) is 15.3 Å². The number of anilines is 1. The average Bonchev–Trinajstić information content (AvgIpc) is 2.88. The minimum atomic E-state index is -4.43. The Morgan fingerprint density at radius 3 is 2.67 bits per heavy atom. The summed E-state index contributed by atoms with van der Waals surface area (Å²) in [5.41, 5.74) is 0.203. The molecular weight excluding hydrogens is 299 g/mol. The maximum Gasteiger partial charge on any atom is 0.412 e. The summed E-state index contributed by atoms with van der Waals surface area (Å²) < 4.78 is 41.0. The van der Waals surface area contributed by atoms with Gasteiger partial charge in [0.05, 0.1) is 6.20 Å². The summed E-state index contributed by atoms with van der Waals surface area (Å²) in [7, 11) is 0. The van der Waals surface area contributed by atoms with Crippen molar-refractivity contribution in [3.8, 4) is 0 Å². The van der Waals surface area contributed by atoms with Crippen LogP contribution in [0.4, 0.5) is 19.0 Å². The summed E-state index contributed by atoms with van der Waals surface area (Å²) in [6, 6.07) is 5.22. The van der Waals surface area contributed by atoms with Crippen molar-refractivity contribution in [1.29, 1.82) is 0 Å². The van der Waals surface area contributed by atoms with Gasteiger partial charge in [0.1, 0.15) is 5.82 Å². The van der Waals surface area contributed by atoms with Crippen molar-refractivity contribution < 1.29 is 13.2 Å². The van der Waals surface area contributed by atoms with Gasteiger partial charge in [0.25, 0.3) is 0 Å². The smallest absolute Gasteiger partial charge is 0.354 e. The van der Waals surface area contributed by atoms with Crippen molar-refractivity contribution in [3.63, 3.8) is 0 Å². The molecule has 0 bridgehead atoms. The Bertz CT molecular complexity index is 740. The normalized spacial score (nSPS) is 13.3. The van der Waals surface area contributed by atoms with Gasteiger partial charge in [-0.05, 0) is 16.8 Å². The molecule has 0 aliphatic rings. The first-order valence-corrected chi connectivity index (χ1v) is 6.99. The van der Waals surface area contributed by atoms with Crippen LogP contribution in [0.15, 0.2) is 48.2 Å². The highest BCUT2D eigenvalue weighted by Crippen LogP contribution is 2.40. The first-order chi connectivity index (χ1) is 10.1. The van der Waals surface area contributed by atoms with E-state index in [1.807, 2.05) is 0 Å². The molecule has 1 aromatic carbocycles. The molecule has 0 fully saturated rings. The quantitative estimate of drug-likeness (QED) is 0.779. The molecule has 1 N–H and O–H groups in total. The largest absolute Gasteiger partial charge is 0.412 e. The topological polar surface area (TPSA) is 37.8 Å². The fourth-order valence-electron chi connectivity index (χ4n) is 2.08. The van der Waals surface area contributed by atoms with E-state index in [1.165, 1.54) is 35.3 Å². The lowest BCUT2D eigenvalue weighted by Crippen LogP contribution is -2.28. The number of nitrogens with zero attached hydrogens (tertiary/aromatic N) is 2. The highest BCUT2D eigenvalue weighted by atomic mass is 32.1. The Hall–Kier alpha value is -2.15. The van der Waals surface area contributed by atoms with Crippen LogP contribution in [-0.2, 0) is 0 Å². The Morgan fingerprint density at radius 2 is 1.95 bits per heavy atom. The Morgan fingerprint density at radius 1 is 1.14 bits per heavy atom. The van der Waals surface area contributed by atoms with Gasteiger partial charge in [-0.3, -0.25) is 4.98 Å². The van der Waals surface area contributed by atoms with Crippen LogP contribution in [0.5, 0.6) is 0 Å². The molecule has 21 heavy (non-hydrogen) atoms. The number of aromatic nitrogens is 2. The second-order valence-corrected chi connectivity index (χ2v) is 5.31. The standard InChI is InChI=1S/C14H10F3N3S/c15-14(16,17)13(20-12-7-18-5-6-19-12)10-8-21-11-4-2-1-3-9(10)11/h1-8,13H,(H,19,20). The van der Waals surface area contributed by atoms with Gasteiger partial charge in [-0.15, -0.1) is 11.3 Å². The number of benzene rings is 1. The highest BCUT2D eigenvalue weighted by Gasteiger charge is 2.42. The van der Waals surface area contributed by atoms with Gasteiger partial charge in [-0.25, -0.2) is 4.98 Å². The fraction of sp³-hybridized carbons (Fsp3) is 0.143. The molecule has 0 amide bonds. The van der Waals surface area contributed by atoms with E-state index in [1.54, 1.807) is 24.3 Å². The maximum absolute atomic E-state index is 13.4. The molecule has 0 radical (unpaired) electrons. The number of halogens is 3. The molecule has 3 nitrogen and oxygen atoms in total. The Labute approximate surface area is 122 Å². The minimum absolute atomic E-state index is 0.0927. The van der Waals surface area contributed by atoms with E-state index in [0.717, 1.165) is 4.70 Å². The lowest BCUT2D eigenvalue weighted by atomic mass is 10.1. The van der Waals surface area contributed by atoms with Crippen LogP contribution in [0.25, 0.3) is 10.1 Å². The molecule has 3 rings (SSSR count). The fourth-order valence-corrected chi connectivity index (χ4v) is 3.07. The molecule has 2 heterocycles. The van der Waals surface area contributed by atoms with Crippen LogP contribution in [0.3, 0.4) is 0 Å². The molecule has 2 aromatic heterocycles. The predicted octanol–water partition coefficient (Wildman–Crippen LogP) is 4.41. The summed E-state index contributed by atoms with van der Waals surface area (Å²) >= 11 is 1.29. The van der Waals surface area contributed by atoms with Crippen molar-refractivity contribution in [3.05, 3.63) is 53.8 Å². The molecule has 0 aliphatic carbocycles. The van der Waals surface area contributed by atoms with Gasteiger partial charge in [0.2, 0.25) is 0 Å². The Kier molecular flexibility index (Phi) is 3.50. The van der Waals surface area contributed by atoms with Gasteiger partial charge in [-0.2, -0.15) is 13.2 Å². The third kappa shape index (κ3) is 2.82. The van der Waals surface area contributed by atoms with Crippen molar-refractivity contribution >= 4 is 27.2 Å². The first-order valence-electron chi connectivity index (χ1n) is 6.11. The minimum Gasteiger partial charge on any atom is -0.354 e. The van der Waals surface area contributed by atoms with Crippen LogP contribution in [-0.4, -0.2) is 16.1 Å². The van der Waals surface area contributed by atoms with Gasteiger partial charge < -0.3 is 5.32 Å². The lowest BCUT2D eigenvalue weighted by Gasteiger charge is -2.21. The summed E-state index contributed by atoms with van der Waals surface area (Å²) in [5, 5.41) is 4.55. The second-order valence-electron chi connectivity index (χ2n) is 4.40.